The number of benzene rings is 1. The van der Waals surface area contributed by atoms with Crippen molar-refractivity contribution in [3.05, 3.63) is 30.5 Å². The Morgan fingerprint density at radius 2 is 2.23 bits per heavy atom. The number of nitrogens with zero attached hydrogens (tertiary/aromatic N) is 3. The summed E-state index contributed by atoms with van der Waals surface area (Å²) in [6.45, 7) is 1.54. The molecule has 3 heterocycles. The second-order valence-corrected chi connectivity index (χ2v) is 6.01. The summed E-state index contributed by atoms with van der Waals surface area (Å²) in [6.07, 6.45) is 3.55. The summed E-state index contributed by atoms with van der Waals surface area (Å²) in [5.41, 5.74) is 0.963. The molecule has 2 atom stereocenters. The fourth-order valence-electron chi connectivity index (χ4n) is 3.63. The van der Waals surface area contributed by atoms with Crippen LogP contribution in [0.25, 0.3) is 10.9 Å². The van der Waals surface area contributed by atoms with E-state index in [4.69, 9.17) is 0 Å². The molecular formula is C16H18N4O2. The molecule has 1 aromatic heterocycles. The van der Waals surface area contributed by atoms with Gasteiger partial charge in [0.2, 0.25) is 11.8 Å². The minimum absolute atomic E-state index is 0.00979. The Hall–Kier alpha value is -2.37. The Morgan fingerprint density at radius 3 is 3.14 bits per heavy atom. The third-order valence-corrected chi connectivity index (χ3v) is 4.76. The number of likely N-dealkylation sites (tertiary alicyclic amines) is 1. The van der Waals surface area contributed by atoms with Gasteiger partial charge in [-0.25, -0.2) is 0 Å². The van der Waals surface area contributed by atoms with E-state index in [0.29, 0.717) is 6.54 Å². The highest BCUT2D eigenvalue weighted by atomic mass is 16.2. The highest BCUT2D eigenvalue weighted by molar-refractivity contribution is 5.85. The molecule has 1 N–H and O–H groups in total. The molecule has 2 aliphatic heterocycles. The predicted molar refractivity (Wildman–Crippen MR) is 81.0 cm³/mol. The minimum atomic E-state index is -0.0351. The molecule has 0 unspecified atom stereocenters. The molecule has 2 fully saturated rings. The van der Waals surface area contributed by atoms with Crippen LogP contribution in [0, 0.1) is 5.92 Å². The zero-order valence-corrected chi connectivity index (χ0v) is 12.2. The van der Waals surface area contributed by atoms with Crippen LogP contribution >= 0.6 is 0 Å². The van der Waals surface area contributed by atoms with Gasteiger partial charge in [0, 0.05) is 18.5 Å². The summed E-state index contributed by atoms with van der Waals surface area (Å²) < 4.78 is 1.74. The highest BCUT2D eigenvalue weighted by Crippen LogP contribution is 2.27. The van der Waals surface area contributed by atoms with Gasteiger partial charge in [-0.1, -0.05) is 18.2 Å². The van der Waals surface area contributed by atoms with Gasteiger partial charge in [0.05, 0.1) is 23.7 Å². The van der Waals surface area contributed by atoms with E-state index < -0.39 is 0 Å². The first-order valence-corrected chi connectivity index (χ1v) is 7.72. The van der Waals surface area contributed by atoms with Crippen LogP contribution in [0.4, 0.5) is 0 Å². The Bertz CT molecular complexity index is 739. The topological polar surface area (TPSA) is 67.2 Å². The fourth-order valence-corrected chi connectivity index (χ4v) is 3.63. The maximum absolute atomic E-state index is 12.7. The van der Waals surface area contributed by atoms with E-state index in [9.17, 15) is 9.59 Å². The van der Waals surface area contributed by atoms with Gasteiger partial charge in [-0.2, -0.15) is 5.10 Å². The Balaban J connectivity index is 1.55. The molecule has 22 heavy (non-hydrogen) atoms. The van der Waals surface area contributed by atoms with Gasteiger partial charge < -0.3 is 10.2 Å². The zero-order chi connectivity index (χ0) is 15.1. The zero-order valence-electron chi connectivity index (χ0n) is 12.2. The van der Waals surface area contributed by atoms with Crippen LogP contribution in [0.2, 0.25) is 0 Å². The van der Waals surface area contributed by atoms with E-state index in [-0.39, 0.29) is 30.3 Å². The number of piperidine rings is 1. The molecule has 1 aromatic carbocycles. The number of hydrogen-bond acceptors (Lipinski definition) is 3. The standard InChI is InChI=1S/C16H18N4O2/c21-15(10-20-13-6-2-1-4-11(13)8-18-20)19-7-3-5-12-14(19)9-17-16(12)22/h1-2,4,6,8,12,14H,3,5,7,9-10H2,(H,17,22)/t12-,14-/m1/s1. The monoisotopic (exact) mass is 298 g/mol. The van der Waals surface area contributed by atoms with Crippen LogP contribution < -0.4 is 5.32 Å². The maximum Gasteiger partial charge on any atom is 0.244 e. The lowest BCUT2D eigenvalue weighted by Gasteiger charge is -2.35. The largest absolute Gasteiger partial charge is 0.354 e. The van der Waals surface area contributed by atoms with E-state index in [1.807, 2.05) is 29.2 Å². The van der Waals surface area contributed by atoms with Crippen LogP contribution in [0.5, 0.6) is 0 Å². The lowest BCUT2D eigenvalue weighted by molar-refractivity contribution is -0.137. The van der Waals surface area contributed by atoms with Crippen molar-refractivity contribution in [3.8, 4) is 0 Å². The lowest BCUT2D eigenvalue weighted by atomic mass is 9.91. The van der Waals surface area contributed by atoms with Crippen LogP contribution in [-0.4, -0.2) is 45.6 Å². The van der Waals surface area contributed by atoms with Crippen LogP contribution in [-0.2, 0) is 16.1 Å². The molecule has 2 aliphatic rings. The average Bonchev–Trinajstić information content (AvgIpc) is 3.12. The highest BCUT2D eigenvalue weighted by Gasteiger charge is 2.42. The molecule has 4 rings (SSSR count). The second-order valence-electron chi connectivity index (χ2n) is 6.01. The fraction of sp³-hybridized carbons (Fsp3) is 0.438. The quantitative estimate of drug-likeness (QED) is 0.890. The SMILES string of the molecule is O=C1NC[C@@H]2[C@H]1CCCN2C(=O)Cn1ncc2ccccc21. The minimum Gasteiger partial charge on any atom is -0.354 e. The summed E-state index contributed by atoms with van der Waals surface area (Å²) in [4.78, 5) is 26.3. The Labute approximate surface area is 128 Å². The molecule has 0 spiro atoms. The van der Waals surface area contributed by atoms with Crippen molar-refractivity contribution in [1.29, 1.82) is 0 Å². The van der Waals surface area contributed by atoms with Crippen molar-refractivity contribution in [2.75, 3.05) is 13.1 Å². The molecule has 0 aliphatic carbocycles. The molecule has 2 amide bonds. The van der Waals surface area contributed by atoms with Crippen LogP contribution in [0.1, 0.15) is 12.8 Å². The molecular weight excluding hydrogens is 280 g/mol. The third-order valence-electron chi connectivity index (χ3n) is 4.76. The second kappa shape index (κ2) is 5.12. The van der Waals surface area contributed by atoms with Crippen molar-refractivity contribution < 1.29 is 9.59 Å². The first-order chi connectivity index (χ1) is 10.7. The summed E-state index contributed by atoms with van der Waals surface area (Å²) in [6, 6.07) is 7.87. The summed E-state index contributed by atoms with van der Waals surface area (Å²) >= 11 is 0. The molecule has 0 radical (unpaired) electrons. The van der Waals surface area contributed by atoms with Crippen molar-refractivity contribution in [2.24, 2.45) is 5.92 Å². The smallest absolute Gasteiger partial charge is 0.244 e. The summed E-state index contributed by atoms with van der Waals surface area (Å²) in [5.74, 6) is 0.0964. The predicted octanol–water partition coefficient (Wildman–Crippen LogP) is 0.773. The van der Waals surface area contributed by atoms with E-state index in [2.05, 4.69) is 10.4 Å². The third kappa shape index (κ3) is 2.06. The van der Waals surface area contributed by atoms with Gasteiger partial charge >= 0.3 is 0 Å². The number of hydrogen-bond donors (Lipinski definition) is 1. The van der Waals surface area contributed by atoms with Gasteiger partial charge in [0.15, 0.2) is 0 Å². The Morgan fingerprint density at radius 1 is 1.36 bits per heavy atom. The van der Waals surface area contributed by atoms with Crippen LogP contribution in [0.3, 0.4) is 0 Å². The number of fused-ring (bicyclic) bond motifs is 2. The first-order valence-electron chi connectivity index (χ1n) is 7.72. The van der Waals surface area contributed by atoms with E-state index >= 15 is 0 Å². The molecule has 6 heteroatoms. The molecule has 2 aromatic rings. The Kier molecular flexibility index (Phi) is 3.10. The lowest BCUT2D eigenvalue weighted by Crippen LogP contribution is -2.49. The number of nitrogens with one attached hydrogen (secondary N) is 1. The van der Waals surface area contributed by atoms with Crippen molar-refractivity contribution in [2.45, 2.75) is 25.4 Å². The molecule has 6 nitrogen and oxygen atoms in total. The van der Waals surface area contributed by atoms with Crippen molar-refractivity contribution in [1.82, 2.24) is 20.0 Å². The van der Waals surface area contributed by atoms with Gasteiger partial charge in [-0.3, -0.25) is 14.3 Å². The molecule has 2 saturated heterocycles. The molecule has 114 valence electrons. The average molecular weight is 298 g/mol. The van der Waals surface area contributed by atoms with Crippen molar-refractivity contribution in [3.63, 3.8) is 0 Å². The number of rotatable bonds is 2. The van der Waals surface area contributed by atoms with Gasteiger partial charge in [0.25, 0.3) is 0 Å². The van der Waals surface area contributed by atoms with Gasteiger partial charge in [-0.15, -0.1) is 0 Å². The number of carbonyl (C=O) groups is 2. The van der Waals surface area contributed by atoms with Crippen molar-refractivity contribution >= 4 is 22.7 Å². The van der Waals surface area contributed by atoms with E-state index in [1.165, 1.54) is 0 Å². The first kappa shape index (κ1) is 13.3. The molecule has 0 saturated carbocycles. The van der Waals surface area contributed by atoms with E-state index in [1.54, 1.807) is 10.9 Å². The summed E-state index contributed by atoms with van der Waals surface area (Å²) in [5, 5.41) is 8.23. The van der Waals surface area contributed by atoms with E-state index in [0.717, 1.165) is 30.3 Å². The maximum atomic E-state index is 12.7. The van der Waals surface area contributed by atoms with Crippen LogP contribution in [0.15, 0.2) is 30.5 Å². The number of aromatic nitrogens is 2. The molecule has 0 bridgehead atoms. The number of carbonyl (C=O) groups excluding carboxylic acids is 2. The number of para-hydroxylation sites is 1. The van der Waals surface area contributed by atoms with Gasteiger partial charge in [0.1, 0.15) is 6.54 Å². The normalized spacial score (nSPS) is 24.4. The number of amides is 2. The van der Waals surface area contributed by atoms with Gasteiger partial charge in [-0.05, 0) is 18.9 Å². The summed E-state index contributed by atoms with van der Waals surface area (Å²) in [7, 11) is 0.